The van der Waals surface area contributed by atoms with Crippen molar-refractivity contribution in [3.8, 4) is 0 Å². The normalized spacial score (nSPS) is 13.1. The Bertz CT molecular complexity index is 1140. The van der Waals surface area contributed by atoms with Gasteiger partial charge in [0.2, 0.25) is 21.8 Å². The molecule has 0 aliphatic rings. The molecular formula is C24H31Cl2N3O4S. The number of sulfonamides is 1. The molecule has 7 nitrogen and oxygen atoms in total. The molecule has 1 N–H and O–H groups in total. The van der Waals surface area contributed by atoms with Crippen LogP contribution >= 0.6 is 23.2 Å². The van der Waals surface area contributed by atoms with Crippen LogP contribution in [0.4, 0.5) is 5.69 Å². The van der Waals surface area contributed by atoms with Gasteiger partial charge in [0.25, 0.3) is 0 Å². The minimum Gasteiger partial charge on any atom is -0.352 e. The fourth-order valence-electron chi connectivity index (χ4n) is 3.32. The lowest BCUT2D eigenvalue weighted by Crippen LogP contribution is -2.52. The highest BCUT2D eigenvalue weighted by atomic mass is 35.5. The summed E-state index contributed by atoms with van der Waals surface area (Å²) in [7, 11) is -3.78. The molecule has 0 aliphatic heterocycles. The van der Waals surface area contributed by atoms with Gasteiger partial charge in [0, 0.05) is 12.6 Å². The highest BCUT2D eigenvalue weighted by Crippen LogP contribution is 2.25. The van der Waals surface area contributed by atoms with E-state index < -0.39 is 28.5 Å². The second-order valence-corrected chi connectivity index (χ2v) is 11.0. The van der Waals surface area contributed by atoms with Gasteiger partial charge >= 0.3 is 0 Å². The summed E-state index contributed by atoms with van der Waals surface area (Å²) in [5.41, 5.74) is 1.77. The average Bonchev–Trinajstić information content (AvgIpc) is 2.77. The first-order chi connectivity index (χ1) is 15.8. The van der Waals surface area contributed by atoms with Gasteiger partial charge in [0.15, 0.2) is 0 Å². The summed E-state index contributed by atoms with van der Waals surface area (Å²) in [6.45, 7) is 6.81. The lowest BCUT2D eigenvalue weighted by Gasteiger charge is -2.32. The Kier molecular flexibility index (Phi) is 9.79. The van der Waals surface area contributed by atoms with E-state index in [1.807, 2.05) is 13.8 Å². The summed E-state index contributed by atoms with van der Waals surface area (Å²) in [5, 5.41) is 3.57. The third-order valence-corrected chi connectivity index (χ3v) is 7.43. The topological polar surface area (TPSA) is 86.8 Å². The number of carbonyl (C=O) groups is 2. The number of rotatable bonds is 10. The van der Waals surface area contributed by atoms with Crippen LogP contribution in [0, 0.1) is 6.92 Å². The van der Waals surface area contributed by atoms with Crippen LogP contribution in [0.15, 0.2) is 42.5 Å². The molecule has 2 aromatic carbocycles. The number of amides is 2. The standard InChI is InChI=1S/C24H31Cl2N3O4S/c1-6-17(3)27-24(31)18(4)28(14-19-11-12-20(25)21(26)13-19)23(30)15-29(34(5,32)33)22-10-8-7-9-16(22)2/h7-13,17-18H,6,14-15H2,1-5H3,(H,27,31)/t17-,18+/m1/s1. The van der Waals surface area contributed by atoms with Gasteiger partial charge in [-0.2, -0.15) is 0 Å². The van der Waals surface area contributed by atoms with Gasteiger partial charge in [-0.05, 0) is 56.5 Å². The maximum absolute atomic E-state index is 13.5. The molecule has 0 aromatic heterocycles. The highest BCUT2D eigenvalue weighted by molar-refractivity contribution is 7.92. The second-order valence-electron chi connectivity index (χ2n) is 8.32. The molecule has 10 heteroatoms. The van der Waals surface area contributed by atoms with Crippen LogP contribution in [0.3, 0.4) is 0 Å². The van der Waals surface area contributed by atoms with Crippen molar-refractivity contribution in [1.82, 2.24) is 10.2 Å². The van der Waals surface area contributed by atoms with E-state index in [2.05, 4.69) is 5.32 Å². The van der Waals surface area contributed by atoms with Crippen LogP contribution in [-0.4, -0.2) is 50.0 Å². The molecule has 0 saturated heterocycles. The Balaban J connectivity index is 2.42. The quantitative estimate of drug-likeness (QED) is 0.495. The maximum atomic E-state index is 13.5. The zero-order chi connectivity index (χ0) is 25.6. The molecule has 0 unspecified atom stereocenters. The number of hydrogen-bond acceptors (Lipinski definition) is 4. The molecule has 0 heterocycles. The molecule has 0 radical (unpaired) electrons. The van der Waals surface area contributed by atoms with Crippen molar-refractivity contribution < 1.29 is 18.0 Å². The van der Waals surface area contributed by atoms with E-state index in [1.165, 1.54) is 4.90 Å². The second kappa shape index (κ2) is 11.9. The Morgan fingerprint density at radius 2 is 1.71 bits per heavy atom. The summed E-state index contributed by atoms with van der Waals surface area (Å²) in [6.07, 6.45) is 1.78. The first-order valence-electron chi connectivity index (χ1n) is 10.9. The van der Waals surface area contributed by atoms with Crippen molar-refractivity contribution in [3.05, 3.63) is 63.6 Å². The maximum Gasteiger partial charge on any atom is 0.244 e. The zero-order valence-corrected chi connectivity index (χ0v) is 22.3. The Morgan fingerprint density at radius 1 is 1.06 bits per heavy atom. The number of halogens is 2. The summed E-state index contributed by atoms with van der Waals surface area (Å²) in [5.74, 6) is -0.851. The van der Waals surface area contributed by atoms with E-state index in [-0.39, 0.29) is 18.5 Å². The number of hydrogen-bond donors (Lipinski definition) is 1. The Hall–Kier alpha value is -2.29. The van der Waals surface area contributed by atoms with Crippen LogP contribution in [-0.2, 0) is 26.2 Å². The van der Waals surface area contributed by atoms with Gasteiger partial charge in [-0.1, -0.05) is 54.4 Å². The van der Waals surface area contributed by atoms with Crippen molar-refractivity contribution in [3.63, 3.8) is 0 Å². The molecule has 2 aromatic rings. The van der Waals surface area contributed by atoms with Crippen molar-refractivity contribution in [1.29, 1.82) is 0 Å². The summed E-state index contributed by atoms with van der Waals surface area (Å²) >= 11 is 12.2. The molecule has 0 spiro atoms. The summed E-state index contributed by atoms with van der Waals surface area (Å²) < 4.78 is 26.3. The smallest absolute Gasteiger partial charge is 0.244 e. The fraction of sp³-hybridized carbons (Fsp3) is 0.417. The molecule has 2 atom stereocenters. The largest absolute Gasteiger partial charge is 0.352 e. The SMILES string of the molecule is CC[C@@H](C)NC(=O)[C@H](C)N(Cc1ccc(Cl)c(Cl)c1)C(=O)CN(c1ccccc1C)S(C)(=O)=O. The third kappa shape index (κ3) is 7.35. The molecule has 186 valence electrons. The number of aryl methyl sites for hydroxylation is 1. The molecule has 0 fully saturated rings. The van der Waals surface area contributed by atoms with Gasteiger partial charge in [-0.3, -0.25) is 13.9 Å². The van der Waals surface area contributed by atoms with Crippen LogP contribution in [0.25, 0.3) is 0 Å². The first-order valence-corrected chi connectivity index (χ1v) is 13.5. The molecule has 0 aliphatic carbocycles. The number of benzene rings is 2. The van der Waals surface area contributed by atoms with E-state index in [1.54, 1.807) is 56.3 Å². The summed E-state index contributed by atoms with van der Waals surface area (Å²) in [4.78, 5) is 27.8. The molecule has 0 saturated carbocycles. The average molecular weight is 529 g/mol. The monoisotopic (exact) mass is 527 g/mol. The predicted octanol–water partition coefficient (Wildman–Crippen LogP) is 4.40. The number of nitrogens with zero attached hydrogens (tertiary/aromatic N) is 2. The van der Waals surface area contributed by atoms with Gasteiger partial charge < -0.3 is 10.2 Å². The number of para-hydroxylation sites is 1. The predicted molar refractivity (Wildman–Crippen MR) is 138 cm³/mol. The molecule has 0 bridgehead atoms. The minimum atomic E-state index is -3.78. The minimum absolute atomic E-state index is 0.0518. The van der Waals surface area contributed by atoms with E-state index in [0.29, 0.717) is 26.9 Å². The Morgan fingerprint density at radius 3 is 2.26 bits per heavy atom. The van der Waals surface area contributed by atoms with Gasteiger partial charge in [0.05, 0.1) is 22.0 Å². The van der Waals surface area contributed by atoms with Crippen molar-refractivity contribution in [2.45, 2.75) is 52.7 Å². The van der Waals surface area contributed by atoms with E-state index in [9.17, 15) is 18.0 Å². The van der Waals surface area contributed by atoms with E-state index >= 15 is 0 Å². The van der Waals surface area contributed by atoms with Crippen LogP contribution in [0.5, 0.6) is 0 Å². The first kappa shape index (κ1) is 28.0. The van der Waals surface area contributed by atoms with Gasteiger partial charge in [-0.25, -0.2) is 8.42 Å². The molecule has 2 amide bonds. The van der Waals surface area contributed by atoms with Crippen LogP contribution in [0.2, 0.25) is 10.0 Å². The van der Waals surface area contributed by atoms with Crippen molar-refractivity contribution >= 4 is 50.7 Å². The van der Waals surface area contributed by atoms with Crippen LogP contribution < -0.4 is 9.62 Å². The Labute approximate surface area is 212 Å². The summed E-state index contributed by atoms with van der Waals surface area (Å²) in [6, 6.07) is 10.9. The number of carbonyl (C=O) groups excluding carboxylic acids is 2. The number of nitrogens with one attached hydrogen (secondary N) is 1. The lowest BCUT2D eigenvalue weighted by molar-refractivity contribution is -0.139. The molecule has 34 heavy (non-hydrogen) atoms. The molecule has 2 rings (SSSR count). The number of anilines is 1. The third-order valence-electron chi connectivity index (χ3n) is 5.57. The van der Waals surface area contributed by atoms with Crippen molar-refractivity contribution in [2.75, 3.05) is 17.1 Å². The zero-order valence-electron chi connectivity index (χ0n) is 20.0. The fourth-order valence-corrected chi connectivity index (χ4v) is 4.55. The van der Waals surface area contributed by atoms with Gasteiger partial charge in [0.1, 0.15) is 12.6 Å². The molecular weight excluding hydrogens is 497 g/mol. The van der Waals surface area contributed by atoms with E-state index in [4.69, 9.17) is 23.2 Å². The van der Waals surface area contributed by atoms with Crippen LogP contribution in [0.1, 0.15) is 38.3 Å². The van der Waals surface area contributed by atoms with E-state index in [0.717, 1.165) is 17.0 Å². The van der Waals surface area contributed by atoms with Crippen molar-refractivity contribution in [2.24, 2.45) is 0 Å². The lowest BCUT2D eigenvalue weighted by atomic mass is 10.1. The highest BCUT2D eigenvalue weighted by Gasteiger charge is 2.31. The van der Waals surface area contributed by atoms with Gasteiger partial charge in [-0.15, -0.1) is 0 Å².